The number of hydrogen-bond acceptors (Lipinski definition) is 5. The van der Waals surface area contributed by atoms with E-state index in [9.17, 15) is 9.59 Å². The SMILES string of the molecule is O=C(Nc1nc(C(=O)O)co1)OCC1c2ccccc2-c2ccccc21. The summed E-state index contributed by atoms with van der Waals surface area (Å²) in [6, 6.07) is 15.8. The van der Waals surface area contributed by atoms with E-state index in [2.05, 4.69) is 22.4 Å². The Bertz CT molecular complexity index is 949. The largest absolute Gasteiger partial charge is 0.476 e. The second-order valence-corrected chi connectivity index (χ2v) is 5.79. The van der Waals surface area contributed by atoms with Crippen LogP contribution in [0.3, 0.4) is 0 Å². The summed E-state index contributed by atoms with van der Waals surface area (Å²) in [6.07, 6.45) is 0.187. The molecule has 0 saturated heterocycles. The van der Waals surface area contributed by atoms with Crippen LogP contribution in [-0.2, 0) is 4.74 Å². The number of aromatic carboxylic acids is 1. The maximum atomic E-state index is 12.0. The predicted octanol–water partition coefficient (Wildman–Crippen LogP) is 3.73. The Balaban J connectivity index is 1.47. The molecule has 0 aliphatic heterocycles. The van der Waals surface area contributed by atoms with Crippen LogP contribution >= 0.6 is 0 Å². The van der Waals surface area contributed by atoms with Crippen molar-refractivity contribution in [3.05, 3.63) is 71.6 Å². The molecule has 1 aliphatic rings. The monoisotopic (exact) mass is 350 g/mol. The van der Waals surface area contributed by atoms with E-state index in [0.717, 1.165) is 28.5 Å². The number of fused-ring (bicyclic) bond motifs is 3. The molecular formula is C19H14N2O5. The second-order valence-electron chi connectivity index (χ2n) is 5.79. The minimum absolute atomic E-state index is 0.0627. The number of rotatable bonds is 4. The lowest BCUT2D eigenvalue weighted by Crippen LogP contribution is -2.18. The zero-order valence-electron chi connectivity index (χ0n) is 13.5. The van der Waals surface area contributed by atoms with Gasteiger partial charge in [0.15, 0.2) is 5.69 Å². The molecule has 7 heteroatoms. The number of aromatic nitrogens is 1. The molecule has 1 amide bonds. The van der Waals surface area contributed by atoms with Gasteiger partial charge in [0.2, 0.25) is 0 Å². The first kappa shape index (κ1) is 15.9. The van der Waals surface area contributed by atoms with Crippen LogP contribution in [0.4, 0.5) is 10.8 Å². The molecule has 2 N–H and O–H groups in total. The van der Waals surface area contributed by atoms with Gasteiger partial charge in [0.05, 0.1) is 0 Å². The molecule has 0 spiro atoms. The number of amides is 1. The van der Waals surface area contributed by atoms with Crippen molar-refractivity contribution in [2.45, 2.75) is 5.92 Å². The van der Waals surface area contributed by atoms with Gasteiger partial charge in [-0.3, -0.25) is 0 Å². The fraction of sp³-hybridized carbons (Fsp3) is 0.105. The first-order valence-corrected chi connectivity index (χ1v) is 7.94. The van der Waals surface area contributed by atoms with Crippen molar-refractivity contribution in [3.8, 4) is 11.1 Å². The summed E-state index contributed by atoms with van der Waals surface area (Å²) >= 11 is 0. The van der Waals surface area contributed by atoms with Crippen molar-refractivity contribution < 1.29 is 23.8 Å². The number of benzene rings is 2. The van der Waals surface area contributed by atoms with Crippen molar-refractivity contribution in [3.63, 3.8) is 0 Å². The average molecular weight is 350 g/mol. The van der Waals surface area contributed by atoms with E-state index in [1.807, 2.05) is 36.4 Å². The summed E-state index contributed by atoms with van der Waals surface area (Å²) in [5, 5.41) is 11.1. The van der Waals surface area contributed by atoms with Crippen LogP contribution in [-0.4, -0.2) is 28.8 Å². The van der Waals surface area contributed by atoms with Crippen LogP contribution in [0.1, 0.15) is 27.5 Å². The maximum absolute atomic E-state index is 12.0. The standard InChI is InChI=1S/C19H14N2O5/c22-17(23)16-10-25-18(20-16)21-19(24)26-9-15-13-7-3-1-5-11(13)12-6-2-4-8-14(12)15/h1-8,10,15H,9H2,(H,22,23)(H,20,21,24). The van der Waals surface area contributed by atoms with Crippen LogP contribution in [0.25, 0.3) is 11.1 Å². The number of anilines is 1. The lowest BCUT2D eigenvalue weighted by molar-refractivity contribution is 0.0690. The normalized spacial score (nSPS) is 12.3. The van der Waals surface area contributed by atoms with Crippen molar-refractivity contribution in [1.29, 1.82) is 0 Å². The summed E-state index contributed by atoms with van der Waals surface area (Å²) in [5.74, 6) is -1.30. The second kappa shape index (κ2) is 6.36. The molecule has 0 fully saturated rings. The third-order valence-electron chi connectivity index (χ3n) is 4.28. The zero-order chi connectivity index (χ0) is 18.1. The number of carbonyl (C=O) groups is 2. The van der Waals surface area contributed by atoms with Crippen LogP contribution in [0.2, 0.25) is 0 Å². The Kier molecular flexibility index (Phi) is 3.89. The first-order valence-electron chi connectivity index (χ1n) is 7.94. The van der Waals surface area contributed by atoms with Crippen molar-refractivity contribution in [1.82, 2.24) is 4.98 Å². The number of carbonyl (C=O) groups excluding carboxylic acids is 1. The summed E-state index contributed by atoms with van der Waals surface area (Å²) < 4.78 is 10.2. The average Bonchev–Trinajstić information content (AvgIpc) is 3.23. The van der Waals surface area contributed by atoms with E-state index < -0.39 is 12.1 Å². The molecule has 1 aromatic heterocycles. The third-order valence-corrected chi connectivity index (χ3v) is 4.28. The van der Waals surface area contributed by atoms with Crippen LogP contribution in [0.5, 0.6) is 0 Å². The Morgan fingerprint density at radius 2 is 1.69 bits per heavy atom. The van der Waals surface area contributed by atoms with E-state index in [1.54, 1.807) is 0 Å². The molecule has 26 heavy (non-hydrogen) atoms. The molecule has 4 rings (SSSR count). The predicted molar refractivity (Wildman–Crippen MR) is 92.2 cm³/mol. The van der Waals surface area contributed by atoms with E-state index in [-0.39, 0.29) is 24.2 Å². The molecule has 7 nitrogen and oxygen atoms in total. The van der Waals surface area contributed by atoms with Crippen LogP contribution < -0.4 is 5.32 Å². The fourth-order valence-corrected chi connectivity index (χ4v) is 3.15. The van der Waals surface area contributed by atoms with Crippen molar-refractivity contribution in [2.24, 2.45) is 0 Å². The number of oxazole rings is 1. The van der Waals surface area contributed by atoms with Crippen LogP contribution in [0.15, 0.2) is 59.2 Å². The van der Waals surface area contributed by atoms with E-state index in [4.69, 9.17) is 14.3 Å². The minimum atomic E-state index is -1.24. The van der Waals surface area contributed by atoms with Gasteiger partial charge >= 0.3 is 18.1 Å². The first-order chi connectivity index (χ1) is 12.6. The quantitative estimate of drug-likeness (QED) is 0.743. The minimum Gasteiger partial charge on any atom is -0.476 e. The topological polar surface area (TPSA) is 102 Å². The molecule has 0 atom stereocenters. The number of ether oxygens (including phenoxy) is 1. The van der Waals surface area contributed by atoms with Gasteiger partial charge in [-0.1, -0.05) is 48.5 Å². The van der Waals surface area contributed by atoms with Gasteiger partial charge in [0, 0.05) is 5.92 Å². The highest BCUT2D eigenvalue weighted by Crippen LogP contribution is 2.44. The van der Waals surface area contributed by atoms with Gasteiger partial charge < -0.3 is 14.3 Å². The molecule has 0 bridgehead atoms. The number of nitrogens with one attached hydrogen (secondary N) is 1. The third kappa shape index (κ3) is 2.79. The van der Waals surface area contributed by atoms with E-state index in [1.165, 1.54) is 0 Å². The van der Waals surface area contributed by atoms with Crippen molar-refractivity contribution >= 4 is 18.1 Å². The molecule has 130 valence electrons. The van der Waals surface area contributed by atoms with Crippen LogP contribution in [0, 0.1) is 0 Å². The fourth-order valence-electron chi connectivity index (χ4n) is 3.15. The van der Waals surface area contributed by atoms with Crippen molar-refractivity contribution in [2.75, 3.05) is 11.9 Å². The number of carboxylic acids is 1. The number of nitrogens with zero attached hydrogens (tertiary/aromatic N) is 1. The molecule has 1 heterocycles. The summed E-state index contributed by atoms with van der Waals surface area (Å²) in [7, 11) is 0. The maximum Gasteiger partial charge on any atom is 0.415 e. The summed E-state index contributed by atoms with van der Waals surface area (Å²) in [5.41, 5.74) is 4.18. The van der Waals surface area contributed by atoms with Gasteiger partial charge in [0.25, 0.3) is 0 Å². The Morgan fingerprint density at radius 1 is 1.08 bits per heavy atom. The molecule has 1 aliphatic carbocycles. The Labute approximate surface area is 148 Å². The lowest BCUT2D eigenvalue weighted by Gasteiger charge is -2.13. The summed E-state index contributed by atoms with van der Waals surface area (Å²) in [6.45, 7) is 0.145. The molecule has 2 aromatic carbocycles. The highest BCUT2D eigenvalue weighted by molar-refractivity contribution is 5.87. The summed E-state index contributed by atoms with van der Waals surface area (Å²) in [4.78, 5) is 26.4. The lowest BCUT2D eigenvalue weighted by atomic mass is 9.98. The Hall–Kier alpha value is -3.61. The molecule has 0 radical (unpaired) electrons. The zero-order valence-corrected chi connectivity index (χ0v) is 13.5. The van der Waals surface area contributed by atoms with E-state index in [0.29, 0.717) is 0 Å². The number of hydrogen-bond donors (Lipinski definition) is 2. The van der Waals surface area contributed by atoms with Gasteiger partial charge in [-0.2, -0.15) is 4.98 Å². The smallest absolute Gasteiger partial charge is 0.415 e. The van der Waals surface area contributed by atoms with Gasteiger partial charge in [-0.05, 0) is 22.3 Å². The molecule has 0 unspecified atom stereocenters. The highest BCUT2D eigenvalue weighted by atomic mass is 16.6. The van der Waals surface area contributed by atoms with Gasteiger partial charge in [-0.15, -0.1) is 0 Å². The molecule has 3 aromatic rings. The van der Waals surface area contributed by atoms with E-state index >= 15 is 0 Å². The number of carboxylic acid groups (broad SMARTS) is 1. The van der Waals surface area contributed by atoms with Gasteiger partial charge in [-0.25, -0.2) is 14.9 Å². The molecule has 0 saturated carbocycles. The highest BCUT2D eigenvalue weighted by Gasteiger charge is 2.29. The molecular weight excluding hydrogens is 336 g/mol. The van der Waals surface area contributed by atoms with Gasteiger partial charge in [0.1, 0.15) is 12.9 Å². The Morgan fingerprint density at radius 3 is 2.27 bits per heavy atom.